The predicted octanol–water partition coefficient (Wildman–Crippen LogP) is -2.63. The van der Waals surface area contributed by atoms with Crippen LogP contribution < -0.4 is 11.1 Å². The number of primary amides is 1. The fraction of sp³-hybridized carbons (Fsp3) is 0.800. The molecule has 0 radical (unpaired) electrons. The van der Waals surface area contributed by atoms with Crippen LogP contribution in [0.25, 0.3) is 0 Å². The van der Waals surface area contributed by atoms with Gasteiger partial charge in [-0.25, -0.2) is 4.79 Å². The second-order valence-corrected chi connectivity index (χ2v) is 2.26. The Morgan fingerprint density at radius 1 is 1.45 bits per heavy atom. The number of urea groups is 1. The van der Waals surface area contributed by atoms with E-state index in [1.807, 2.05) is 0 Å². The fourth-order valence-corrected chi connectivity index (χ4v) is 0.413. The number of carbonyl (C=O) groups excluding carboxylic acids is 1. The van der Waals surface area contributed by atoms with Gasteiger partial charge in [0.05, 0.1) is 19.8 Å². The van der Waals surface area contributed by atoms with E-state index in [4.69, 9.17) is 15.3 Å². The molecule has 0 aliphatic rings. The molecule has 66 valence electrons. The summed E-state index contributed by atoms with van der Waals surface area (Å²) in [6.45, 7) is -1.54. The van der Waals surface area contributed by atoms with Crippen molar-refractivity contribution in [1.29, 1.82) is 0 Å². The van der Waals surface area contributed by atoms with E-state index in [-0.39, 0.29) is 6.54 Å². The number of carbonyl (C=O) groups is 1. The summed E-state index contributed by atoms with van der Waals surface area (Å²) in [5.41, 5.74) is 3.00. The molecule has 0 aromatic carbocycles. The molecule has 0 spiro atoms. The minimum Gasteiger partial charge on any atom is -0.393 e. The number of aliphatic hydroxyl groups excluding tert-OH is 2. The first-order chi connectivity index (χ1) is 5.04. The van der Waals surface area contributed by atoms with E-state index in [9.17, 15) is 4.79 Å². The summed E-state index contributed by atoms with van der Waals surface area (Å²) >= 11 is 0. The molecule has 6 nitrogen and oxygen atoms in total. The second kappa shape index (κ2) is 4.12. The maximum Gasteiger partial charge on any atom is 0.312 e. The lowest BCUT2D eigenvalue weighted by molar-refractivity contribution is -0.0508. The Labute approximate surface area is 63.6 Å². The molecule has 6 heteroatoms. The smallest absolute Gasteiger partial charge is 0.312 e. The largest absolute Gasteiger partial charge is 0.393 e. The highest BCUT2D eigenvalue weighted by molar-refractivity contribution is 5.71. The number of aliphatic hydroxyl groups is 3. The van der Waals surface area contributed by atoms with E-state index in [0.717, 1.165) is 0 Å². The maximum absolute atomic E-state index is 10.1. The third-order valence-electron chi connectivity index (χ3n) is 1.18. The normalized spacial score (nSPS) is 11.2. The van der Waals surface area contributed by atoms with Crippen LogP contribution in [0.5, 0.6) is 0 Å². The Hall–Kier alpha value is -0.850. The molecule has 0 fully saturated rings. The van der Waals surface area contributed by atoms with E-state index in [0.29, 0.717) is 0 Å². The van der Waals surface area contributed by atoms with Gasteiger partial charge in [-0.05, 0) is 0 Å². The van der Waals surface area contributed by atoms with E-state index in [1.54, 1.807) is 0 Å². The van der Waals surface area contributed by atoms with E-state index in [2.05, 4.69) is 11.1 Å². The molecule has 0 heterocycles. The van der Waals surface area contributed by atoms with Crippen LogP contribution in [0.1, 0.15) is 0 Å². The van der Waals surface area contributed by atoms with Crippen molar-refractivity contribution in [2.75, 3.05) is 19.8 Å². The quantitative estimate of drug-likeness (QED) is 0.312. The lowest BCUT2D eigenvalue weighted by Gasteiger charge is -2.22. The number of amides is 2. The first-order valence-electron chi connectivity index (χ1n) is 3.01. The molecular formula is C5H12N2O4. The first-order valence-corrected chi connectivity index (χ1v) is 3.01. The van der Waals surface area contributed by atoms with E-state index >= 15 is 0 Å². The number of nitrogens with one attached hydrogen (secondary N) is 1. The van der Waals surface area contributed by atoms with Crippen molar-refractivity contribution < 1.29 is 20.1 Å². The van der Waals surface area contributed by atoms with Gasteiger partial charge in [0.25, 0.3) is 0 Å². The average Bonchev–Trinajstić information content (AvgIpc) is 2.00. The zero-order chi connectivity index (χ0) is 8.91. The Morgan fingerprint density at radius 2 is 1.91 bits per heavy atom. The number of hydrogen-bond donors (Lipinski definition) is 5. The molecule has 11 heavy (non-hydrogen) atoms. The van der Waals surface area contributed by atoms with Gasteiger partial charge in [-0.2, -0.15) is 0 Å². The van der Waals surface area contributed by atoms with E-state index < -0.39 is 24.8 Å². The standard InChI is InChI=1S/C5H12N2O4/c6-4(10)7-1-5(11,2-8)3-9/h8-9,11H,1-3H2,(H3,6,7,10). The third kappa shape index (κ3) is 3.76. The van der Waals surface area contributed by atoms with Crippen molar-refractivity contribution in [3.05, 3.63) is 0 Å². The Morgan fingerprint density at radius 3 is 2.18 bits per heavy atom. The molecule has 0 saturated carbocycles. The first kappa shape index (κ1) is 10.2. The van der Waals surface area contributed by atoms with Crippen LogP contribution in [0.4, 0.5) is 4.79 Å². The third-order valence-corrected chi connectivity index (χ3v) is 1.18. The topological polar surface area (TPSA) is 116 Å². The maximum atomic E-state index is 10.1. The minimum atomic E-state index is -1.69. The summed E-state index contributed by atoms with van der Waals surface area (Å²) in [5, 5.41) is 28.2. The van der Waals surface area contributed by atoms with Gasteiger partial charge in [0.15, 0.2) is 0 Å². The van der Waals surface area contributed by atoms with Crippen LogP contribution in [0, 0.1) is 0 Å². The molecule has 0 saturated heterocycles. The highest BCUT2D eigenvalue weighted by atomic mass is 16.4. The van der Waals surface area contributed by atoms with E-state index in [1.165, 1.54) is 0 Å². The lowest BCUT2D eigenvalue weighted by Crippen LogP contribution is -2.49. The van der Waals surface area contributed by atoms with Crippen LogP contribution in [0.2, 0.25) is 0 Å². The molecule has 0 unspecified atom stereocenters. The summed E-state index contributed by atoms with van der Waals surface area (Å²) in [7, 11) is 0. The Bertz CT molecular complexity index is 134. The van der Waals surface area contributed by atoms with Gasteiger partial charge in [-0.15, -0.1) is 0 Å². The van der Waals surface area contributed by atoms with Gasteiger partial charge in [0.2, 0.25) is 0 Å². The van der Waals surface area contributed by atoms with Crippen LogP contribution in [0.3, 0.4) is 0 Å². The molecule has 0 rings (SSSR count). The Kier molecular flexibility index (Phi) is 3.80. The highest BCUT2D eigenvalue weighted by Crippen LogP contribution is 1.98. The predicted molar refractivity (Wildman–Crippen MR) is 36.7 cm³/mol. The minimum absolute atomic E-state index is 0.269. The van der Waals surface area contributed by atoms with Crippen molar-refractivity contribution in [2.45, 2.75) is 5.60 Å². The SMILES string of the molecule is NC(=O)NCC(O)(CO)CO. The van der Waals surface area contributed by atoms with Crippen LogP contribution in [-0.4, -0.2) is 46.7 Å². The van der Waals surface area contributed by atoms with Crippen molar-refractivity contribution in [3.8, 4) is 0 Å². The summed E-state index contributed by atoms with van der Waals surface area (Å²) < 4.78 is 0. The molecular weight excluding hydrogens is 152 g/mol. The monoisotopic (exact) mass is 164 g/mol. The van der Waals surface area contributed by atoms with Gasteiger partial charge >= 0.3 is 6.03 Å². The lowest BCUT2D eigenvalue weighted by atomic mass is 10.1. The van der Waals surface area contributed by atoms with Crippen molar-refractivity contribution in [1.82, 2.24) is 5.32 Å². The number of nitrogens with two attached hydrogens (primary N) is 1. The number of hydrogen-bond acceptors (Lipinski definition) is 4. The molecule has 0 aliphatic heterocycles. The zero-order valence-corrected chi connectivity index (χ0v) is 5.95. The molecule has 0 aliphatic carbocycles. The summed E-state index contributed by atoms with van der Waals surface area (Å²) in [5.74, 6) is 0. The van der Waals surface area contributed by atoms with Crippen molar-refractivity contribution in [3.63, 3.8) is 0 Å². The zero-order valence-electron chi connectivity index (χ0n) is 5.95. The second-order valence-electron chi connectivity index (χ2n) is 2.26. The number of rotatable bonds is 4. The highest BCUT2D eigenvalue weighted by Gasteiger charge is 2.24. The fourth-order valence-electron chi connectivity index (χ4n) is 0.413. The van der Waals surface area contributed by atoms with Crippen molar-refractivity contribution in [2.24, 2.45) is 5.73 Å². The molecule has 0 aromatic rings. The molecule has 0 bridgehead atoms. The van der Waals surface area contributed by atoms with Gasteiger partial charge < -0.3 is 26.4 Å². The van der Waals surface area contributed by atoms with Gasteiger partial charge in [-0.3, -0.25) is 0 Å². The Balaban J connectivity index is 3.78. The van der Waals surface area contributed by atoms with Gasteiger partial charge in [0, 0.05) is 0 Å². The molecule has 6 N–H and O–H groups in total. The van der Waals surface area contributed by atoms with Crippen LogP contribution in [-0.2, 0) is 0 Å². The summed E-state index contributed by atoms with van der Waals surface area (Å²) in [6.07, 6.45) is 0. The summed E-state index contributed by atoms with van der Waals surface area (Å²) in [4.78, 5) is 10.1. The van der Waals surface area contributed by atoms with Crippen molar-refractivity contribution >= 4 is 6.03 Å². The molecule has 0 aromatic heterocycles. The molecule has 0 atom stereocenters. The van der Waals surface area contributed by atoms with Crippen LogP contribution >= 0.6 is 0 Å². The van der Waals surface area contributed by atoms with Crippen LogP contribution in [0.15, 0.2) is 0 Å². The summed E-state index contributed by atoms with van der Waals surface area (Å²) in [6, 6.07) is -0.815. The van der Waals surface area contributed by atoms with Gasteiger partial charge in [0.1, 0.15) is 5.60 Å². The molecule has 2 amide bonds. The average molecular weight is 164 g/mol. The van der Waals surface area contributed by atoms with Gasteiger partial charge in [-0.1, -0.05) is 0 Å².